The highest BCUT2D eigenvalue weighted by Crippen LogP contribution is 2.23. The van der Waals surface area contributed by atoms with Crippen molar-refractivity contribution in [2.45, 2.75) is 27.3 Å². The van der Waals surface area contributed by atoms with E-state index in [0.29, 0.717) is 11.3 Å². The van der Waals surface area contributed by atoms with Crippen molar-refractivity contribution < 1.29 is 13.2 Å². The number of benzene rings is 3. The summed E-state index contributed by atoms with van der Waals surface area (Å²) in [5.41, 5.74) is 9.31. The second kappa shape index (κ2) is 11.4. The minimum Gasteiger partial charge on any atom is -0.318 e. The number of hydrogen-bond acceptors (Lipinski definition) is 4. The maximum Gasteiger partial charge on any atom is 0.271 e. The Morgan fingerprint density at radius 3 is 2.29 bits per heavy atom. The summed E-state index contributed by atoms with van der Waals surface area (Å²) in [7, 11) is -3.53. The molecule has 38 heavy (non-hydrogen) atoms. The lowest BCUT2D eigenvalue weighted by Gasteiger charge is -2.23. The van der Waals surface area contributed by atoms with Crippen molar-refractivity contribution in [1.29, 1.82) is 0 Å². The molecule has 1 heterocycles. The number of hydrazone groups is 1. The molecule has 0 atom stereocenters. The van der Waals surface area contributed by atoms with Crippen LogP contribution in [0.3, 0.4) is 0 Å². The molecule has 0 saturated heterocycles. The molecule has 0 radical (unpaired) electrons. The maximum atomic E-state index is 12.7. The molecule has 196 valence electrons. The minimum atomic E-state index is -3.53. The molecular formula is C29H29BrN4O3S. The van der Waals surface area contributed by atoms with Crippen LogP contribution in [0.4, 0.5) is 5.69 Å². The fourth-order valence-corrected chi connectivity index (χ4v) is 5.39. The van der Waals surface area contributed by atoms with Crippen molar-refractivity contribution in [1.82, 2.24) is 9.99 Å². The third kappa shape index (κ3) is 6.23. The number of rotatable bonds is 8. The highest BCUT2D eigenvalue weighted by molar-refractivity contribution is 9.10. The highest BCUT2D eigenvalue weighted by atomic mass is 79.9. The zero-order chi connectivity index (χ0) is 27.4. The zero-order valence-electron chi connectivity index (χ0n) is 21.6. The smallest absolute Gasteiger partial charge is 0.271 e. The van der Waals surface area contributed by atoms with E-state index in [2.05, 4.69) is 31.0 Å². The van der Waals surface area contributed by atoms with Gasteiger partial charge < -0.3 is 4.57 Å². The maximum absolute atomic E-state index is 12.7. The summed E-state index contributed by atoms with van der Waals surface area (Å²) in [6, 6.07) is 24.2. The van der Waals surface area contributed by atoms with Crippen molar-refractivity contribution in [2.75, 3.05) is 10.6 Å². The molecule has 3 aromatic carbocycles. The van der Waals surface area contributed by atoms with Crippen LogP contribution in [0.1, 0.15) is 38.4 Å². The molecule has 1 aromatic heterocycles. The molecule has 0 bridgehead atoms. The van der Waals surface area contributed by atoms with Gasteiger partial charge in [-0.3, -0.25) is 9.10 Å². The number of aromatic nitrogens is 1. The van der Waals surface area contributed by atoms with Gasteiger partial charge in [-0.2, -0.15) is 5.10 Å². The van der Waals surface area contributed by atoms with Crippen molar-refractivity contribution in [3.8, 4) is 5.69 Å². The first-order chi connectivity index (χ1) is 18.0. The van der Waals surface area contributed by atoms with E-state index >= 15 is 0 Å². The van der Waals surface area contributed by atoms with Crippen molar-refractivity contribution in [3.63, 3.8) is 0 Å². The standard InChI is InChI=1S/C29H29BrN4O3S/c1-20-7-5-6-8-24(20)19-33(38(4,36)37)27-13-9-23(10-14-27)29(35)32-31-18-25-17-21(2)34(22(25)3)28-15-11-26(30)12-16-28/h5-18H,19H2,1-4H3,(H,32,35)/b31-18-. The molecule has 9 heteroatoms. The van der Waals surface area contributed by atoms with Gasteiger partial charge in [0.2, 0.25) is 10.0 Å². The van der Waals surface area contributed by atoms with Gasteiger partial charge in [-0.05, 0) is 86.5 Å². The summed E-state index contributed by atoms with van der Waals surface area (Å²) in [6.07, 6.45) is 2.80. The minimum absolute atomic E-state index is 0.208. The van der Waals surface area contributed by atoms with E-state index in [1.54, 1.807) is 30.5 Å². The van der Waals surface area contributed by atoms with Crippen LogP contribution in [0.2, 0.25) is 0 Å². The molecule has 0 unspecified atom stereocenters. The number of carbonyl (C=O) groups is 1. The summed E-state index contributed by atoms with van der Waals surface area (Å²) in [5, 5.41) is 4.15. The Labute approximate surface area is 232 Å². The van der Waals surface area contributed by atoms with Crippen LogP contribution in [0.15, 0.2) is 88.4 Å². The molecule has 4 aromatic rings. The highest BCUT2D eigenvalue weighted by Gasteiger charge is 2.19. The summed E-state index contributed by atoms with van der Waals surface area (Å²) in [6.45, 7) is 6.18. The lowest BCUT2D eigenvalue weighted by Crippen LogP contribution is -2.29. The lowest BCUT2D eigenvalue weighted by molar-refractivity contribution is 0.0955. The molecule has 0 aliphatic rings. The van der Waals surface area contributed by atoms with Crippen LogP contribution >= 0.6 is 15.9 Å². The lowest BCUT2D eigenvalue weighted by atomic mass is 10.1. The Hall–Kier alpha value is -3.69. The third-order valence-corrected chi connectivity index (χ3v) is 7.99. The summed E-state index contributed by atoms with van der Waals surface area (Å²) in [4.78, 5) is 12.7. The topological polar surface area (TPSA) is 83.8 Å². The van der Waals surface area contributed by atoms with Gasteiger partial charge in [0, 0.05) is 32.7 Å². The van der Waals surface area contributed by atoms with Gasteiger partial charge in [0.05, 0.1) is 24.7 Å². The van der Waals surface area contributed by atoms with E-state index in [4.69, 9.17) is 0 Å². The van der Waals surface area contributed by atoms with Gasteiger partial charge in [-0.25, -0.2) is 13.8 Å². The van der Waals surface area contributed by atoms with E-state index in [0.717, 1.165) is 38.2 Å². The Bertz CT molecular complexity index is 1590. The zero-order valence-corrected chi connectivity index (χ0v) is 24.0. The predicted octanol–water partition coefficient (Wildman–Crippen LogP) is 5.90. The van der Waals surface area contributed by atoms with E-state index in [-0.39, 0.29) is 12.5 Å². The first-order valence-electron chi connectivity index (χ1n) is 11.9. The molecule has 0 aliphatic carbocycles. The number of nitrogens with one attached hydrogen (secondary N) is 1. The average molecular weight is 594 g/mol. The normalized spacial score (nSPS) is 11.6. The van der Waals surface area contributed by atoms with Crippen LogP contribution in [0, 0.1) is 20.8 Å². The second-order valence-electron chi connectivity index (χ2n) is 9.08. The van der Waals surface area contributed by atoms with E-state index in [1.807, 2.05) is 75.4 Å². The number of carbonyl (C=O) groups excluding carboxylic acids is 1. The number of aryl methyl sites for hydroxylation is 2. The summed E-state index contributed by atoms with van der Waals surface area (Å²) >= 11 is 3.46. The van der Waals surface area contributed by atoms with Gasteiger partial charge in [0.1, 0.15) is 0 Å². The van der Waals surface area contributed by atoms with Crippen LogP contribution < -0.4 is 9.73 Å². The van der Waals surface area contributed by atoms with Gasteiger partial charge >= 0.3 is 0 Å². The third-order valence-electron chi connectivity index (χ3n) is 6.32. The molecule has 4 rings (SSSR count). The molecule has 0 saturated carbocycles. The number of sulfonamides is 1. The van der Waals surface area contributed by atoms with E-state index < -0.39 is 10.0 Å². The number of hydrogen-bond donors (Lipinski definition) is 1. The van der Waals surface area contributed by atoms with Gasteiger partial charge in [-0.15, -0.1) is 0 Å². The molecule has 0 fully saturated rings. The Balaban J connectivity index is 1.47. The fraction of sp³-hybridized carbons (Fsp3) is 0.172. The predicted molar refractivity (Wildman–Crippen MR) is 157 cm³/mol. The molecule has 0 spiro atoms. The van der Waals surface area contributed by atoms with Gasteiger partial charge in [0.25, 0.3) is 5.91 Å². The van der Waals surface area contributed by atoms with Crippen molar-refractivity contribution in [3.05, 3.63) is 117 Å². The summed E-state index contributed by atoms with van der Waals surface area (Å²) < 4.78 is 29.5. The number of amides is 1. The molecule has 1 amide bonds. The van der Waals surface area contributed by atoms with Crippen molar-refractivity contribution in [2.24, 2.45) is 5.10 Å². The summed E-state index contributed by atoms with van der Waals surface area (Å²) in [5.74, 6) is -0.390. The average Bonchev–Trinajstić information content (AvgIpc) is 3.16. The van der Waals surface area contributed by atoms with E-state index in [1.165, 1.54) is 10.6 Å². The largest absolute Gasteiger partial charge is 0.318 e. The monoisotopic (exact) mass is 592 g/mol. The SMILES string of the molecule is Cc1ccccc1CN(c1ccc(C(=O)N/N=C\c2cc(C)n(-c3ccc(Br)cc3)c2C)cc1)S(C)(=O)=O. The van der Waals surface area contributed by atoms with Crippen LogP contribution in [0.5, 0.6) is 0 Å². The van der Waals surface area contributed by atoms with E-state index in [9.17, 15) is 13.2 Å². The molecule has 0 aliphatic heterocycles. The van der Waals surface area contributed by atoms with Crippen LogP contribution in [-0.4, -0.2) is 31.4 Å². The number of halogens is 1. The first kappa shape index (κ1) is 27.3. The number of anilines is 1. The Morgan fingerprint density at radius 1 is 1.00 bits per heavy atom. The van der Waals surface area contributed by atoms with Gasteiger partial charge in [-0.1, -0.05) is 40.2 Å². The first-order valence-corrected chi connectivity index (χ1v) is 14.6. The quantitative estimate of drug-likeness (QED) is 0.204. The van der Waals surface area contributed by atoms with Crippen LogP contribution in [0.25, 0.3) is 5.69 Å². The van der Waals surface area contributed by atoms with Gasteiger partial charge in [0.15, 0.2) is 0 Å². The second-order valence-corrected chi connectivity index (χ2v) is 11.9. The Morgan fingerprint density at radius 2 is 1.66 bits per heavy atom. The van der Waals surface area contributed by atoms with Crippen LogP contribution in [-0.2, 0) is 16.6 Å². The Kier molecular flexibility index (Phi) is 8.18. The fourth-order valence-electron chi connectivity index (χ4n) is 4.25. The molecule has 7 nitrogen and oxygen atoms in total. The number of nitrogens with zero attached hydrogens (tertiary/aromatic N) is 3. The molecular weight excluding hydrogens is 564 g/mol. The van der Waals surface area contributed by atoms with Crippen molar-refractivity contribution >= 4 is 43.8 Å². The molecule has 1 N–H and O–H groups in total.